The molecule has 0 amide bonds. The average Bonchev–Trinajstić information content (AvgIpc) is 2.50. The van der Waals surface area contributed by atoms with Crippen LogP contribution in [-0.4, -0.2) is 31.7 Å². The predicted octanol–water partition coefficient (Wildman–Crippen LogP) is 3.21. The number of carbonyl (C=O) groups is 1. The third-order valence-electron chi connectivity index (χ3n) is 2.97. The van der Waals surface area contributed by atoms with Crippen molar-refractivity contribution in [2.75, 3.05) is 11.8 Å². The molecule has 24 heavy (non-hydrogen) atoms. The number of methoxy groups -OCH3 is 1. The number of sulfonamides is 1. The van der Waals surface area contributed by atoms with E-state index in [9.17, 15) is 18.3 Å². The van der Waals surface area contributed by atoms with E-state index >= 15 is 0 Å². The van der Waals surface area contributed by atoms with Crippen LogP contribution in [0.2, 0.25) is 10.0 Å². The average molecular weight is 392 g/mol. The molecule has 0 fully saturated rings. The number of ether oxygens (including phenoxy) is 1. The first-order chi connectivity index (χ1) is 11.2. The maximum atomic E-state index is 12.5. The molecule has 0 aliphatic carbocycles. The third-order valence-corrected chi connectivity index (χ3v) is 4.86. The second-order valence-electron chi connectivity index (χ2n) is 4.56. The Morgan fingerprint density at radius 1 is 1.21 bits per heavy atom. The van der Waals surface area contributed by atoms with Gasteiger partial charge in [-0.15, -0.1) is 0 Å². The van der Waals surface area contributed by atoms with E-state index in [1.54, 1.807) is 0 Å². The number of aromatic hydroxyl groups is 1. The lowest BCUT2D eigenvalue weighted by molar-refractivity contribution is 0.0697. The Hall–Kier alpha value is -2.16. The molecule has 128 valence electrons. The Balaban J connectivity index is 2.54. The van der Waals surface area contributed by atoms with Crippen LogP contribution < -0.4 is 9.46 Å². The fourth-order valence-corrected chi connectivity index (χ4v) is 3.69. The van der Waals surface area contributed by atoms with Gasteiger partial charge in [0.25, 0.3) is 10.0 Å². The molecule has 10 heteroatoms. The number of phenols is 1. The van der Waals surface area contributed by atoms with Crippen LogP contribution in [0.1, 0.15) is 10.4 Å². The number of benzene rings is 2. The van der Waals surface area contributed by atoms with Gasteiger partial charge in [0.05, 0.1) is 23.4 Å². The number of anilines is 1. The lowest BCUT2D eigenvalue weighted by atomic mass is 10.2. The normalized spacial score (nSPS) is 11.1. The highest BCUT2D eigenvalue weighted by Gasteiger charge is 2.23. The van der Waals surface area contributed by atoms with Crippen molar-refractivity contribution < 1.29 is 28.2 Å². The van der Waals surface area contributed by atoms with Crippen LogP contribution in [0.25, 0.3) is 0 Å². The SMILES string of the molecule is COc1ccc(C(=O)O)cc1NS(=O)(=O)c1cc(Cl)cc(Cl)c1O. The molecule has 0 atom stereocenters. The van der Waals surface area contributed by atoms with Crippen LogP contribution in [0.15, 0.2) is 35.2 Å². The summed E-state index contributed by atoms with van der Waals surface area (Å²) in [5.74, 6) is -1.83. The van der Waals surface area contributed by atoms with Gasteiger partial charge in [0.2, 0.25) is 0 Å². The van der Waals surface area contributed by atoms with Crippen molar-refractivity contribution in [2.24, 2.45) is 0 Å². The molecule has 2 rings (SSSR count). The summed E-state index contributed by atoms with van der Waals surface area (Å²) in [6.45, 7) is 0. The van der Waals surface area contributed by atoms with Gasteiger partial charge in [0.1, 0.15) is 10.6 Å². The maximum absolute atomic E-state index is 12.5. The summed E-state index contributed by atoms with van der Waals surface area (Å²) < 4.78 is 32.1. The summed E-state index contributed by atoms with van der Waals surface area (Å²) in [6, 6.07) is 5.84. The van der Waals surface area contributed by atoms with Gasteiger partial charge in [-0.25, -0.2) is 13.2 Å². The summed E-state index contributed by atoms with van der Waals surface area (Å²) in [6.07, 6.45) is 0. The van der Waals surface area contributed by atoms with Crippen LogP contribution >= 0.6 is 23.2 Å². The second-order valence-corrected chi connectivity index (χ2v) is 7.05. The molecule has 0 saturated carbocycles. The summed E-state index contributed by atoms with van der Waals surface area (Å²) in [4.78, 5) is 10.5. The fourth-order valence-electron chi connectivity index (χ4n) is 1.87. The van der Waals surface area contributed by atoms with E-state index in [1.165, 1.54) is 25.3 Å². The standard InChI is InChI=1S/C14H11Cl2NO6S/c1-23-11-3-2-7(14(19)20)4-10(11)17-24(21,22)12-6-8(15)5-9(16)13(12)18/h2-6,17-18H,1H3,(H,19,20). The Morgan fingerprint density at radius 2 is 1.88 bits per heavy atom. The highest BCUT2D eigenvalue weighted by atomic mass is 35.5. The molecule has 0 unspecified atom stereocenters. The van der Waals surface area contributed by atoms with Crippen molar-refractivity contribution in [3.05, 3.63) is 45.9 Å². The zero-order chi connectivity index (χ0) is 18.1. The Bertz CT molecular complexity index is 914. The van der Waals surface area contributed by atoms with Gasteiger partial charge in [-0.1, -0.05) is 23.2 Å². The van der Waals surface area contributed by atoms with E-state index in [-0.39, 0.29) is 27.0 Å². The predicted molar refractivity (Wildman–Crippen MR) is 88.9 cm³/mol. The van der Waals surface area contributed by atoms with Crippen LogP contribution in [0.5, 0.6) is 11.5 Å². The molecule has 0 aliphatic rings. The molecular weight excluding hydrogens is 381 g/mol. The van der Waals surface area contributed by atoms with Gasteiger partial charge in [-0.2, -0.15) is 0 Å². The van der Waals surface area contributed by atoms with E-state index in [4.69, 9.17) is 33.0 Å². The molecule has 0 aromatic heterocycles. The number of hydrogen-bond donors (Lipinski definition) is 3. The summed E-state index contributed by atoms with van der Waals surface area (Å²) >= 11 is 11.5. The van der Waals surface area contributed by atoms with Crippen molar-refractivity contribution in [2.45, 2.75) is 4.90 Å². The van der Waals surface area contributed by atoms with Crippen LogP contribution in [0, 0.1) is 0 Å². The summed E-state index contributed by atoms with van der Waals surface area (Å²) in [5, 5.41) is 18.6. The largest absolute Gasteiger partial charge is 0.505 e. The van der Waals surface area contributed by atoms with E-state index < -0.39 is 26.6 Å². The molecule has 2 aromatic rings. The second kappa shape index (κ2) is 6.76. The minimum Gasteiger partial charge on any atom is -0.505 e. The number of aromatic carboxylic acids is 1. The molecule has 0 aliphatic heterocycles. The zero-order valence-corrected chi connectivity index (χ0v) is 14.4. The minimum absolute atomic E-state index is 0.00410. The zero-order valence-electron chi connectivity index (χ0n) is 12.1. The quantitative estimate of drug-likeness (QED) is 0.720. The fraction of sp³-hybridized carbons (Fsp3) is 0.0714. The van der Waals surface area contributed by atoms with Crippen molar-refractivity contribution in [1.82, 2.24) is 0 Å². The minimum atomic E-state index is -4.31. The van der Waals surface area contributed by atoms with Gasteiger partial charge in [0, 0.05) is 5.02 Å². The lowest BCUT2D eigenvalue weighted by Crippen LogP contribution is -2.14. The van der Waals surface area contributed by atoms with Crippen molar-refractivity contribution in [3.63, 3.8) is 0 Å². The molecule has 0 heterocycles. The number of rotatable bonds is 5. The van der Waals surface area contributed by atoms with Crippen LogP contribution in [0.3, 0.4) is 0 Å². The summed E-state index contributed by atoms with van der Waals surface area (Å²) in [7, 11) is -3.01. The molecule has 0 saturated heterocycles. The van der Waals surface area contributed by atoms with E-state index in [0.29, 0.717) is 0 Å². The highest BCUT2D eigenvalue weighted by Crippen LogP contribution is 2.36. The van der Waals surface area contributed by atoms with Crippen molar-refractivity contribution in [1.29, 1.82) is 0 Å². The molecule has 0 bridgehead atoms. The first kappa shape index (κ1) is 18.2. The topological polar surface area (TPSA) is 113 Å². The van der Waals surface area contributed by atoms with E-state index in [2.05, 4.69) is 4.72 Å². The number of nitrogens with one attached hydrogen (secondary N) is 1. The Kier molecular flexibility index (Phi) is 5.12. The molecule has 2 aromatic carbocycles. The Labute approximate surface area is 147 Å². The first-order valence-electron chi connectivity index (χ1n) is 6.28. The molecule has 0 radical (unpaired) electrons. The van der Waals surface area contributed by atoms with Gasteiger partial charge >= 0.3 is 5.97 Å². The van der Waals surface area contributed by atoms with Crippen LogP contribution in [0.4, 0.5) is 5.69 Å². The van der Waals surface area contributed by atoms with Crippen LogP contribution in [-0.2, 0) is 10.0 Å². The first-order valence-corrected chi connectivity index (χ1v) is 8.52. The van der Waals surface area contributed by atoms with Crippen molar-refractivity contribution in [3.8, 4) is 11.5 Å². The molecular formula is C14H11Cl2NO6S. The summed E-state index contributed by atoms with van der Waals surface area (Å²) in [5.41, 5.74) is -0.269. The number of carboxylic acid groups (broad SMARTS) is 1. The number of phenolic OH excluding ortho intramolecular Hbond substituents is 1. The van der Waals surface area contributed by atoms with E-state index in [0.717, 1.165) is 12.1 Å². The lowest BCUT2D eigenvalue weighted by Gasteiger charge is -2.14. The molecule has 3 N–H and O–H groups in total. The highest BCUT2D eigenvalue weighted by molar-refractivity contribution is 7.92. The number of carboxylic acids is 1. The van der Waals surface area contributed by atoms with Gasteiger partial charge < -0.3 is 14.9 Å². The van der Waals surface area contributed by atoms with Crippen molar-refractivity contribution >= 4 is 44.9 Å². The van der Waals surface area contributed by atoms with Gasteiger partial charge in [0.15, 0.2) is 5.75 Å². The number of halogens is 2. The smallest absolute Gasteiger partial charge is 0.335 e. The monoisotopic (exact) mass is 391 g/mol. The number of hydrogen-bond acceptors (Lipinski definition) is 5. The van der Waals surface area contributed by atoms with Gasteiger partial charge in [-0.05, 0) is 30.3 Å². The Morgan fingerprint density at radius 3 is 2.46 bits per heavy atom. The molecule has 0 spiro atoms. The maximum Gasteiger partial charge on any atom is 0.335 e. The van der Waals surface area contributed by atoms with E-state index in [1.807, 2.05) is 0 Å². The molecule has 7 nitrogen and oxygen atoms in total. The third kappa shape index (κ3) is 3.66. The van der Waals surface area contributed by atoms with Gasteiger partial charge in [-0.3, -0.25) is 4.72 Å².